The molecule has 0 fully saturated rings. The first-order valence-corrected chi connectivity index (χ1v) is 25.5. The number of allylic oxidation sites excluding steroid dienone is 10. The number of carboxylic acid groups (broad SMARTS) is 1. The van der Waals surface area contributed by atoms with Crippen molar-refractivity contribution in [2.75, 3.05) is 47.5 Å². The lowest BCUT2D eigenvalue weighted by atomic mass is 10.0. The van der Waals surface area contributed by atoms with Crippen LogP contribution in [0.15, 0.2) is 60.8 Å². The quantitative estimate of drug-likeness (QED) is 0.0212. The van der Waals surface area contributed by atoms with Crippen LogP contribution in [0, 0.1) is 0 Å². The van der Waals surface area contributed by atoms with Crippen LogP contribution >= 0.6 is 0 Å². The summed E-state index contributed by atoms with van der Waals surface area (Å²) < 4.78 is 22.7. The number of carbonyl (C=O) groups excluding carboxylic acids is 2. The van der Waals surface area contributed by atoms with Crippen molar-refractivity contribution >= 4 is 17.9 Å². The first-order valence-electron chi connectivity index (χ1n) is 25.5. The molecular formula is C54H96NO8+. The van der Waals surface area contributed by atoms with Crippen LogP contribution in [0.1, 0.15) is 206 Å². The Hall–Kier alpha value is -3.01. The molecule has 0 aliphatic carbocycles. The zero-order chi connectivity index (χ0) is 46.3. The van der Waals surface area contributed by atoms with Gasteiger partial charge >= 0.3 is 17.9 Å². The number of quaternary nitrogens is 1. The van der Waals surface area contributed by atoms with E-state index in [4.69, 9.17) is 18.9 Å². The third-order valence-corrected chi connectivity index (χ3v) is 10.8. The van der Waals surface area contributed by atoms with Gasteiger partial charge in [-0.2, -0.15) is 0 Å². The number of hydrogen-bond donors (Lipinski definition) is 1. The molecule has 0 amide bonds. The van der Waals surface area contributed by atoms with Gasteiger partial charge in [0.1, 0.15) is 13.2 Å². The SMILES string of the molecule is CC/C=C\C/C=C\C/C=C\CCCCCC(=O)OC(COC(=O)CCCCCCCCCCCCCCC/C=C\C/C=C\CCCCCCC)COC(OCC[N+](C)(C)C)C(=O)O. The molecule has 0 aromatic rings. The number of likely N-dealkylation sites (N-methyl/N-ethyl adjacent to an activating group) is 1. The predicted octanol–water partition coefficient (Wildman–Crippen LogP) is 14.1. The molecule has 0 saturated heterocycles. The van der Waals surface area contributed by atoms with Crippen molar-refractivity contribution in [1.82, 2.24) is 0 Å². The molecule has 0 heterocycles. The highest BCUT2D eigenvalue weighted by Crippen LogP contribution is 2.15. The number of unbranched alkanes of at least 4 members (excludes halogenated alkanes) is 21. The Kier molecular flexibility index (Phi) is 43.4. The van der Waals surface area contributed by atoms with Gasteiger partial charge in [0.2, 0.25) is 0 Å². The van der Waals surface area contributed by atoms with Crippen molar-refractivity contribution in [2.45, 2.75) is 219 Å². The number of hydrogen-bond acceptors (Lipinski definition) is 7. The predicted molar refractivity (Wildman–Crippen MR) is 263 cm³/mol. The third-order valence-electron chi connectivity index (χ3n) is 10.8. The van der Waals surface area contributed by atoms with E-state index < -0.39 is 24.3 Å². The summed E-state index contributed by atoms with van der Waals surface area (Å²) in [6.07, 6.45) is 53.0. The summed E-state index contributed by atoms with van der Waals surface area (Å²) in [6, 6.07) is 0. The highest BCUT2D eigenvalue weighted by Gasteiger charge is 2.25. The molecule has 0 aliphatic rings. The Bertz CT molecular complexity index is 1220. The van der Waals surface area contributed by atoms with E-state index in [1.807, 2.05) is 21.1 Å². The van der Waals surface area contributed by atoms with Gasteiger partial charge in [-0.05, 0) is 77.0 Å². The monoisotopic (exact) mass is 887 g/mol. The zero-order valence-electron chi connectivity index (χ0n) is 41.2. The average Bonchev–Trinajstić information content (AvgIpc) is 3.24. The van der Waals surface area contributed by atoms with E-state index in [-0.39, 0.29) is 32.2 Å². The van der Waals surface area contributed by atoms with Gasteiger partial charge in [0.05, 0.1) is 34.4 Å². The maximum atomic E-state index is 12.8. The molecule has 0 aliphatic heterocycles. The van der Waals surface area contributed by atoms with Crippen molar-refractivity contribution < 1.29 is 42.9 Å². The number of rotatable bonds is 46. The number of ether oxygens (including phenoxy) is 4. The number of nitrogens with zero attached hydrogens (tertiary/aromatic N) is 1. The van der Waals surface area contributed by atoms with Gasteiger partial charge in [-0.15, -0.1) is 0 Å². The molecule has 2 atom stereocenters. The van der Waals surface area contributed by atoms with Gasteiger partial charge in [-0.3, -0.25) is 9.59 Å². The second kappa shape index (κ2) is 45.6. The van der Waals surface area contributed by atoms with Crippen LogP contribution in [0.4, 0.5) is 0 Å². The van der Waals surface area contributed by atoms with E-state index in [0.29, 0.717) is 23.9 Å². The summed E-state index contributed by atoms with van der Waals surface area (Å²) in [5.41, 5.74) is 0. The third kappa shape index (κ3) is 46.8. The second-order valence-corrected chi connectivity index (χ2v) is 18.1. The van der Waals surface area contributed by atoms with Gasteiger partial charge in [-0.25, -0.2) is 4.79 Å². The lowest BCUT2D eigenvalue weighted by Gasteiger charge is -2.25. The fourth-order valence-electron chi connectivity index (χ4n) is 6.82. The molecule has 0 spiro atoms. The molecule has 63 heavy (non-hydrogen) atoms. The van der Waals surface area contributed by atoms with Crippen LogP contribution in [-0.2, 0) is 33.3 Å². The minimum atomic E-state index is -1.52. The largest absolute Gasteiger partial charge is 0.477 e. The first kappa shape index (κ1) is 60.0. The van der Waals surface area contributed by atoms with Crippen molar-refractivity contribution in [3.8, 4) is 0 Å². The van der Waals surface area contributed by atoms with Gasteiger partial charge < -0.3 is 28.5 Å². The maximum absolute atomic E-state index is 12.8. The summed E-state index contributed by atoms with van der Waals surface area (Å²) in [4.78, 5) is 37.2. The highest BCUT2D eigenvalue weighted by molar-refractivity contribution is 5.71. The standard InChI is InChI=1S/C54H95NO8/c1-6-8-10-12-14-16-18-20-21-22-23-24-25-26-27-28-29-30-31-33-34-36-38-40-42-44-51(56)61-48-50(49-62-54(53(58)59)60-47-46-55(3,4)5)63-52(57)45-43-41-39-37-35-32-19-17-15-13-11-9-7-2/h9,11,15,17-18,20,22-23,32,35,50,54H,6-8,10,12-14,16,19,21,24-31,33-34,36-49H2,1-5H3/p+1/b11-9-,17-15-,20-18-,23-22-,35-32-. The number of aliphatic carboxylic acids is 1. The van der Waals surface area contributed by atoms with Crippen molar-refractivity contribution in [1.29, 1.82) is 0 Å². The van der Waals surface area contributed by atoms with Crippen LogP contribution < -0.4 is 0 Å². The van der Waals surface area contributed by atoms with E-state index in [9.17, 15) is 19.5 Å². The van der Waals surface area contributed by atoms with E-state index >= 15 is 0 Å². The molecule has 0 bridgehead atoms. The zero-order valence-corrected chi connectivity index (χ0v) is 41.2. The van der Waals surface area contributed by atoms with Gasteiger partial charge in [0.15, 0.2) is 6.10 Å². The summed E-state index contributed by atoms with van der Waals surface area (Å²) in [5.74, 6) is -2.05. The molecule has 0 saturated carbocycles. The Balaban J connectivity index is 4.26. The Morgan fingerprint density at radius 3 is 1.37 bits per heavy atom. The molecular weight excluding hydrogens is 791 g/mol. The molecule has 2 unspecified atom stereocenters. The topological polar surface area (TPSA) is 108 Å². The minimum Gasteiger partial charge on any atom is -0.477 e. The summed E-state index contributed by atoms with van der Waals surface area (Å²) in [7, 11) is 5.94. The van der Waals surface area contributed by atoms with Crippen molar-refractivity contribution in [2.24, 2.45) is 0 Å². The fraction of sp³-hybridized carbons (Fsp3) is 0.759. The van der Waals surface area contributed by atoms with Crippen LogP contribution in [0.2, 0.25) is 0 Å². The highest BCUT2D eigenvalue weighted by atomic mass is 16.7. The molecule has 364 valence electrons. The van der Waals surface area contributed by atoms with Crippen LogP contribution in [-0.4, -0.2) is 87.4 Å². The maximum Gasteiger partial charge on any atom is 0.361 e. The molecule has 0 radical (unpaired) electrons. The van der Waals surface area contributed by atoms with Crippen LogP contribution in [0.3, 0.4) is 0 Å². The van der Waals surface area contributed by atoms with Crippen molar-refractivity contribution in [3.05, 3.63) is 60.8 Å². The lowest BCUT2D eigenvalue weighted by molar-refractivity contribution is -0.870. The van der Waals surface area contributed by atoms with E-state index in [0.717, 1.165) is 64.2 Å². The van der Waals surface area contributed by atoms with Gasteiger partial charge in [0, 0.05) is 12.8 Å². The summed E-state index contributed by atoms with van der Waals surface area (Å²) in [5, 5.41) is 9.65. The second-order valence-electron chi connectivity index (χ2n) is 18.1. The van der Waals surface area contributed by atoms with E-state index in [2.05, 4.69) is 74.6 Å². The number of carbonyl (C=O) groups is 3. The molecule has 0 aromatic heterocycles. The lowest BCUT2D eigenvalue weighted by Crippen LogP contribution is -2.40. The normalized spacial score (nSPS) is 13.3. The van der Waals surface area contributed by atoms with Crippen molar-refractivity contribution in [3.63, 3.8) is 0 Å². The first-order chi connectivity index (χ1) is 30.6. The smallest absolute Gasteiger partial charge is 0.361 e. The molecule has 9 nitrogen and oxygen atoms in total. The Morgan fingerprint density at radius 1 is 0.492 bits per heavy atom. The average molecular weight is 887 g/mol. The van der Waals surface area contributed by atoms with Crippen LogP contribution in [0.25, 0.3) is 0 Å². The van der Waals surface area contributed by atoms with Gasteiger partial charge in [-0.1, -0.05) is 177 Å². The number of esters is 2. The minimum absolute atomic E-state index is 0.180. The van der Waals surface area contributed by atoms with E-state index in [1.54, 1.807) is 0 Å². The molecule has 1 N–H and O–H groups in total. The van der Waals surface area contributed by atoms with E-state index in [1.165, 1.54) is 109 Å². The molecule has 9 heteroatoms. The molecule has 0 rings (SSSR count). The summed E-state index contributed by atoms with van der Waals surface area (Å²) >= 11 is 0. The van der Waals surface area contributed by atoms with Crippen LogP contribution in [0.5, 0.6) is 0 Å². The Labute approximate surface area is 386 Å². The Morgan fingerprint density at radius 2 is 0.905 bits per heavy atom. The van der Waals surface area contributed by atoms with Gasteiger partial charge in [0.25, 0.3) is 6.29 Å². The molecule has 0 aromatic carbocycles. The number of carboxylic acids is 1. The summed E-state index contributed by atoms with van der Waals surface area (Å²) in [6.45, 7) is 4.71. The fourth-order valence-corrected chi connectivity index (χ4v) is 6.82.